The number of carbonyl (C=O) groups excluding carboxylic acids is 1. The summed E-state index contributed by atoms with van der Waals surface area (Å²) in [6, 6.07) is 5.11. The smallest absolute Gasteiger partial charge is 0.150 e. The third-order valence-electron chi connectivity index (χ3n) is 3.38. The highest BCUT2D eigenvalue weighted by molar-refractivity contribution is 5.75. The van der Waals surface area contributed by atoms with Crippen LogP contribution in [0.3, 0.4) is 0 Å². The number of phenols is 1. The standard InChI is InChI=1S/C16H24O2/c1-4-7-16(2,3)8-5-6-13-9-14(12-17)11-15(18)10-13/h9-12,18H,4-8H2,1-3H3. The minimum atomic E-state index is 0.183. The molecule has 0 atom stereocenters. The molecular weight excluding hydrogens is 224 g/mol. The van der Waals surface area contributed by atoms with Crippen LogP contribution in [0.15, 0.2) is 18.2 Å². The Labute approximate surface area is 110 Å². The zero-order chi connectivity index (χ0) is 13.6. The number of carbonyl (C=O) groups is 1. The van der Waals surface area contributed by atoms with E-state index in [1.165, 1.54) is 25.3 Å². The van der Waals surface area contributed by atoms with E-state index in [2.05, 4.69) is 20.8 Å². The molecule has 0 aliphatic carbocycles. The first-order chi connectivity index (χ1) is 8.46. The third-order valence-corrected chi connectivity index (χ3v) is 3.38. The molecule has 1 aromatic rings. The van der Waals surface area contributed by atoms with E-state index >= 15 is 0 Å². The van der Waals surface area contributed by atoms with Crippen molar-refractivity contribution in [3.63, 3.8) is 0 Å². The molecule has 0 amide bonds. The van der Waals surface area contributed by atoms with Crippen LogP contribution < -0.4 is 0 Å². The van der Waals surface area contributed by atoms with E-state index < -0.39 is 0 Å². The first-order valence-corrected chi connectivity index (χ1v) is 6.75. The van der Waals surface area contributed by atoms with E-state index in [1.54, 1.807) is 6.07 Å². The Morgan fingerprint density at radius 1 is 1.22 bits per heavy atom. The Kier molecular flexibility index (Phi) is 5.39. The fourth-order valence-corrected chi connectivity index (χ4v) is 2.49. The van der Waals surface area contributed by atoms with Crippen LogP contribution in [-0.2, 0) is 6.42 Å². The molecular formula is C16H24O2. The number of aromatic hydroxyl groups is 1. The van der Waals surface area contributed by atoms with Crippen LogP contribution in [0.2, 0.25) is 0 Å². The molecule has 0 spiro atoms. The predicted molar refractivity (Wildman–Crippen MR) is 75.1 cm³/mol. The van der Waals surface area contributed by atoms with Gasteiger partial charge in [0.05, 0.1) is 0 Å². The lowest BCUT2D eigenvalue weighted by Gasteiger charge is -2.23. The van der Waals surface area contributed by atoms with Crippen molar-refractivity contribution in [2.75, 3.05) is 0 Å². The predicted octanol–water partition coefficient (Wildman–Crippen LogP) is 4.35. The Morgan fingerprint density at radius 3 is 2.56 bits per heavy atom. The lowest BCUT2D eigenvalue weighted by molar-refractivity contribution is 0.112. The summed E-state index contributed by atoms with van der Waals surface area (Å²) >= 11 is 0. The summed E-state index contributed by atoms with van der Waals surface area (Å²) < 4.78 is 0. The molecule has 0 fully saturated rings. The molecule has 1 N–H and O–H groups in total. The van der Waals surface area contributed by atoms with Crippen LogP contribution in [-0.4, -0.2) is 11.4 Å². The summed E-state index contributed by atoms with van der Waals surface area (Å²) in [5, 5.41) is 9.51. The van der Waals surface area contributed by atoms with E-state index in [0.29, 0.717) is 11.0 Å². The van der Waals surface area contributed by atoms with E-state index in [4.69, 9.17) is 0 Å². The SMILES string of the molecule is CCCC(C)(C)CCCc1cc(O)cc(C=O)c1. The lowest BCUT2D eigenvalue weighted by Crippen LogP contribution is -2.10. The molecule has 0 aliphatic heterocycles. The van der Waals surface area contributed by atoms with Crippen molar-refractivity contribution in [2.24, 2.45) is 5.41 Å². The van der Waals surface area contributed by atoms with Gasteiger partial charge in [-0.3, -0.25) is 4.79 Å². The summed E-state index contributed by atoms with van der Waals surface area (Å²) in [5.41, 5.74) is 1.99. The maximum Gasteiger partial charge on any atom is 0.150 e. The van der Waals surface area contributed by atoms with Crippen LogP contribution >= 0.6 is 0 Å². The van der Waals surface area contributed by atoms with Gasteiger partial charge in [-0.25, -0.2) is 0 Å². The number of aldehydes is 1. The Morgan fingerprint density at radius 2 is 1.94 bits per heavy atom. The minimum Gasteiger partial charge on any atom is -0.508 e. The van der Waals surface area contributed by atoms with Crippen LogP contribution in [0.4, 0.5) is 0 Å². The van der Waals surface area contributed by atoms with Crippen molar-refractivity contribution in [2.45, 2.75) is 52.9 Å². The largest absolute Gasteiger partial charge is 0.508 e. The van der Waals surface area contributed by atoms with E-state index in [-0.39, 0.29) is 5.75 Å². The third kappa shape index (κ3) is 4.91. The minimum absolute atomic E-state index is 0.183. The van der Waals surface area contributed by atoms with Crippen molar-refractivity contribution in [1.29, 1.82) is 0 Å². The maximum absolute atomic E-state index is 10.7. The molecule has 0 unspecified atom stereocenters. The molecule has 0 radical (unpaired) electrons. The van der Waals surface area contributed by atoms with Gasteiger partial charge in [0.25, 0.3) is 0 Å². The summed E-state index contributed by atoms with van der Waals surface area (Å²) in [6.07, 6.45) is 6.43. The van der Waals surface area contributed by atoms with Gasteiger partial charge in [-0.05, 0) is 54.9 Å². The number of hydrogen-bond acceptors (Lipinski definition) is 2. The van der Waals surface area contributed by atoms with Crippen molar-refractivity contribution in [3.05, 3.63) is 29.3 Å². The molecule has 2 nitrogen and oxygen atoms in total. The van der Waals surface area contributed by atoms with Gasteiger partial charge in [0.15, 0.2) is 0 Å². The van der Waals surface area contributed by atoms with Crippen LogP contribution in [0.1, 0.15) is 62.4 Å². The number of benzene rings is 1. The second kappa shape index (κ2) is 6.58. The highest BCUT2D eigenvalue weighted by Crippen LogP contribution is 2.29. The molecule has 0 heterocycles. The monoisotopic (exact) mass is 248 g/mol. The summed E-state index contributed by atoms with van der Waals surface area (Å²) in [4.78, 5) is 10.7. The first-order valence-electron chi connectivity index (χ1n) is 6.75. The second-order valence-electron chi connectivity index (χ2n) is 5.82. The highest BCUT2D eigenvalue weighted by atomic mass is 16.3. The molecule has 18 heavy (non-hydrogen) atoms. The summed E-state index contributed by atoms with van der Waals surface area (Å²) in [7, 11) is 0. The quantitative estimate of drug-likeness (QED) is 0.728. The van der Waals surface area contributed by atoms with Gasteiger partial charge in [0.2, 0.25) is 0 Å². The lowest BCUT2D eigenvalue weighted by atomic mass is 9.82. The molecule has 0 bridgehead atoms. The van der Waals surface area contributed by atoms with Crippen molar-refractivity contribution in [1.82, 2.24) is 0 Å². The Hall–Kier alpha value is -1.31. The van der Waals surface area contributed by atoms with Crippen molar-refractivity contribution < 1.29 is 9.90 Å². The summed E-state index contributed by atoms with van der Waals surface area (Å²) in [6.45, 7) is 6.82. The van der Waals surface area contributed by atoms with E-state index in [9.17, 15) is 9.90 Å². The average molecular weight is 248 g/mol. The van der Waals surface area contributed by atoms with Crippen molar-refractivity contribution >= 4 is 6.29 Å². The molecule has 2 heteroatoms. The van der Waals surface area contributed by atoms with Gasteiger partial charge in [-0.1, -0.05) is 27.2 Å². The van der Waals surface area contributed by atoms with Gasteiger partial charge < -0.3 is 5.11 Å². The van der Waals surface area contributed by atoms with Crippen LogP contribution in [0.25, 0.3) is 0 Å². The topological polar surface area (TPSA) is 37.3 Å². The Balaban J connectivity index is 2.53. The first kappa shape index (κ1) is 14.7. The van der Waals surface area contributed by atoms with Gasteiger partial charge in [0.1, 0.15) is 12.0 Å². The van der Waals surface area contributed by atoms with Gasteiger partial charge in [-0.15, -0.1) is 0 Å². The Bertz CT molecular complexity index is 394. The normalized spacial score (nSPS) is 11.5. The van der Waals surface area contributed by atoms with Crippen LogP contribution in [0.5, 0.6) is 5.75 Å². The number of aryl methyl sites for hydroxylation is 1. The average Bonchev–Trinajstić information content (AvgIpc) is 2.27. The van der Waals surface area contributed by atoms with Gasteiger partial charge >= 0.3 is 0 Å². The van der Waals surface area contributed by atoms with Crippen LogP contribution in [0, 0.1) is 5.41 Å². The zero-order valence-electron chi connectivity index (χ0n) is 11.7. The van der Waals surface area contributed by atoms with Crippen molar-refractivity contribution in [3.8, 4) is 5.75 Å². The number of hydrogen-bond donors (Lipinski definition) is 1. The molecule has 0 saturated carbocycles. The molecule has 0 saturated heterocycles. The van der Waals surface area contributed by atoms with Gasteiger partial charge in [-0.2, -0.15) is 0 Å². The molecule has 0 aliphatic rings. The summed E-state index contributed by atoms with van der Waals surface area (Å²) in [5.74, 6) is 0.183. The second-order valence-corrected chi connectivity index (χ2v) is 5.82. The van der Waals surface area contributed by atoms with Gasteiger partial charge in [0, 0.05) is 5.56 Å². The molecule has 1 aromatic carbocycles. The van der Waals surface area contributed by atoms with E-state index in [0.717, 1.165) is 24.7 Å². The highest BCUT2D eigenvalue weighted by Gasteiger charge is 2.15. The fourth-order valence-electron chi connectivity index (χ4n) is 2.49. The molecule has 1 rings (SSSR count). The number of phenolic OH excluding ortho intramolecular Hbond substituents is 1. The number of rotatable bonds is 7. The molecule has 0 aromatic heterocycles. The fraction of sp³-hybridized carbons (Fsp3) is 0.562. The maximum atomic E-state index is 10.7. The van der Waals surface area contributed by atoms with E-state index in [1.807, 2.05) is 6.07 Å². The molecule has 100 valence electrons. The zero-order valence-corrected chi connectivity index (χ0v) is 11.7.